The van der Waals surface area contributed by atoms with Crippen LogP contribution in [0.15, 0.2) is 47.4 Å². The number of rotatable bonds is 4. The van der Waals surface area contributed by atoms with Crippen molar-refractivity contribution in [2.75, 3.05) is 36.1 Å². The van der Waals surface area contributed by atoms with Gasteiger partial charge in [-0.2, -0.15) is 0 Å². The van der Waals surface area contributed by atoms with Crippen molar-refractivity contribution in [1.29, 1.82) is 0 Å². The highest BCUT2D eigenvalue weighted by Crippen LogP contribution is 2.38. The topological polar surface area (TPSA) is 75.9 Å². The lowest BCUT2D eigenvalue weighted by molar-refractivity contribution is -0.384. The molecule has 0 atom stereocenters. The summed E-state index contributed by atoms with van der Waals surface area (Å²) in [5, 5.41) is 11.3. The molecule has 0 N–H and O–H groups in total. The fraction of sp³-hybridized carbons (Fsp3) is 0.238. The molecular formula is C21H19N3O4S2. The quantitative estimate of drug-likeness (QED) is 0.305. The van der Waals surface area contributed by atoms with E-state index >= 15 is 0 Å². The number of nitro benzene ring substituents is 1. The predicted octanol–water partition coefficient (Wildman–Crippen LogP) is 4.15. The second-order valence-electron chi connectivity index (χ2n) is 6.95. The van der Waals surface area contributed by atoms with Gasteiger partial charge in [0.05, 0.1) is 28.7 Å². The van der Waals surface area contributed by atoms with Crippen molar-refractivity contribution in [3.63, 3.8) is 0 Å². The van der Waals surface area contributed by atoms with Crippen LogP contribution in [0, 0.1) is 17.0 Å². The summed E-state index contributed by atoms with van der Waals surface area (Å²) in [6.07, 6.45) is 1.70. The number of carbonyl (C=O) groups excluding carboxylic acids is 1. The molecule has 154 valence electrons. The molecule has 2 aromatic carbocycles. The summed E-state index contributed by atoms with van der Waals surface area (Å²) in [5.74, 6) is -0.228. The molecule has 2 aliphatic rings. The van der Waals surface area contributed by atoms with Gasteiger partial charge in [-0.15, -0.1) is 0 Å². The first-order chi connectivity index (χ1) is 14.4. The molecule has 7 nitrogen and oxygen atoms in total. The summed E-state index contributed by atoms with van der Waals surface area (Å²) in [7, 11) is 0. The van der Waals surface area contributed by atoms with Gasteiger partial charge in [-0.1, -0.05) is 41.7 Å². The third-order valence-corrected chi connectivity index (χ3v) is 6.25. The zero-order valence-electron chi connectivity index (χ0n) is 16.2. The summed E-state index contributed by atoms with van der Waals surface area (Å²) in [4.78, 5) is 28.0. The van der Waals surface area contributed by atoms with Crippen LogP contribution in [0.5, 0.6) is 0 Å². The molecule has 2 saturated heterocycles. The summed E-state index contributed by atoms with van der Waals surface area (Å²) < 4.78 is 5.85. The van der Waals surface area contributed by atoms with Crippen LogP contribution >= 0.6 is 24.0 Å². The highest BCUT2D eigenvalue weighted by atomic mass is 32.2. The number of thiocarbonyl (C=S) groups is 1. The second-order valence-corrected chi connectivity index (χ2v) is 8.63. The van der Waals surface area contributed by atoms with Gasteiger partial charge in [0.2, 0.25) is 0 Å². The smallest absolute Gasteiger partial charge is 0.270 e. The summed E-state index contributed by atoms with van der Waals surface area (Å²) in [5.41, 5.74) is 3.23. The number of nitro groups is 1. The van der Waals surface area contributed by atoms with Gasteiger partial charge in [0, 0.05) is 36.5 Å². The Morgan fingerprint density at radius 1 is 1.17 bits per heavy atom. The lowest BCUT2D eigenvalue weighted by atomic mass is 10.1. The number of carbonyl (C=O) groups is 1. The van der Waals surface area contributed by atoms with Crippen molar-refractivity contribution in [2.24, 2.45) is 0 Å². The molecule has 2 aliphatic heterocycles. The Hall–Kier alpha value is -2.75. The van der Waals surface area contributed by atoms with E-state index in [0.717, 1.165) is 11.3 Å². The summed E-state index contributed by atoms with van der Waals surface area (Å²) in [6.45, 7) is 4.52. The van der Waals surface area contributed by atoms with Crippen molar-refractivity contribution in [2.45, 2.75) is 6.92 Å². The number of benzene rings is 2. The Morgan fingerprint density at radius 2 is 1.87 bits per heavy atom. The molecule has 0 spiro atoms. The maximum atomic E-state index is 13.1. The molecule has 1 amide bonds. The number of morpholine rings is 1. The van der Waals surface area contributed by atoms with Gasteiger partial charge in [-0.3, -0.25) is 19.8 Å². The van der Waals surface area contributed by atoms with Crippen LogP contribution in [-0.2, 0) is 9.53 Å². The van der Waals surface area contributed by atoms with Gasteiger partial charge < -0.3 is 9.64 Å². The molecule has 9 heteroatoms. The van der Waals surface area contributed by atoms with Crippen LogP contribution in [0.2, 0.25) is 0 Å². The van der Waals surface area contributed by atoms with Crippen LogP contribution in [0.4, 0.5) is 17.1 Å². The molecule has 2 fully saturated rings. The second kappa shape index (κ2) is 8.55. The number of hydrogen-bond donors (Lipinski definition) is 0. The van der Waals surface area contributed by atoms with E-state index in [1.165, 1.54) is 28.8 Å². The Bertz CT molecular complexity index is 1050. The van der Waals surface area contributed by atoms with Crippen LogP contribution in [0.3, 0.4) is 0 Å². The minimum atomic E-state index is -0.433. The van der Waals surface area contributed by atoms with Gasteiger partial charge in [-0.05, 0) is 31.2 Å². The molecule has 0 aromatic heterocycles. The van der Waals surface area contributed by atoms with Crippen molar-refractivity contribution in [3.05, 3.63) is 68.6 Å². The van der Waals surface area contributed by atoms with E-state index in [1.54, 1.807) is 12.1 Å². The summed E-state index contributed by atoms with van der Waals surface area (Å²) in [6, 6.07) is 12.3. The zero-order chi connectivity index (χ0) is 21.3. The largest absolute Gasteiger partial charge is 0.378 e. The zero-order valence-corrected chi connectivity index (χ0v) is 17.9. The van der Waals surface area contributed by atoms with Crippen molar-refractivity contribution >= 4 is 57.3 Å². The minimum Gasteiger partial charge on any atom is -0.378 e. The predicted molar refractivity (Wildman–Crippen MR) is 123 cm³/mol. The molecule has 0 unspecified atom stereocenters. The average Bonchev–Trinajstić information content (AvgIpc) is 3.02. The molecule has 2 heterocycles. The fourth-order valence-electron chi connectivity index (χ4n) is 3.39. The normalized spacial score (nSPS) is 18.4. The number of ether oxygens (including phenoxy) is 1. The van der Waals surface area contributed by atoms with E-state index in [4.69, 9.17) is 17.0 Å². The van der Waals surface area contributed by atoms with E-state index in [2.05, 4.69) is 4.90 Å². The minimum absolute atomic E-state index is 0.0210. The van der Waals surface area contributed by atoms with Crippen LogP contribution in [-0.4, -0.2) is 41.5 Å². The molecular weight excluding hydrogens is 422 g/mol. The average molecular weight is 442 g/mol. The van der Waals surface area contributed by atoms with E-state index in [9.17, 15) is 14.9 Å². The monoisotopic (exact) mass is 441 g/mol. The van der Waals surface area contributed by atoms with Crippen LogP contribution < -0.4 is 9.80 Å². The first kappa shape index (κ1) is 20.5. The number of amides is 1. The standard InChI is InChI=1S/C21H19N3O4S2/c1-14-2-4-16(5-3-14)23-20(25)19(30-21(23)29)13-15-12-17(24(26)27)6-7-18(15)22-8-10-28-11-9-22/h2-7,12-13H,8-11H2,1H3/b19-13+. The van der Waals surface area contributed by atoms with Crippen LogP contribution in [0.1, 0.15) is 11.1 Å². The van der Waals surface area contributed by atoms with E-state index in [0.29, 0.717) is 46.8 Å². The fourth-order valence-corrected chi connectivity index (χ4v) is 4.68. The highest BCUT2D eigenvalue weighted by Gasteiger charge is 2.33. The van der Waals surface area contributed by atoms with Crippen molar-refractivity contribution in [1.82, 2.24) is 0 Å². The number of aryl methyl sites for hydroxylation is 1. The Morgan fingerprint density at radius 3 is 2.53 bits per heavy atom. The Kier molecular flexibility index (Phi) is 5.85. The first-order valence-corrected chi connectivity index (χ1v) is 10.6. The van der Waals surface area contributed by atoms with Gasteiger partial charge in [0.25, 0.3) is 11.6 Å². The van der Waals surface area contributed by atoms with Crippen molar-refractivity contribution < 1.29 is 14.5 Å². The molecule has 0 bridgehead atoms. The maximum Gasteiger partial charge on any atom is 0.270 e. The third-order valence-electron chi connectivity index (χ3n) is 4.95. The molecule has 0 aliphatic carbocycles. The van der Waals surface area contributed by atoms with E-state index in [-0.39, 0.29) is 11.6 Å². The van der Waals surface area contributed by atoms with E-state index in [1.807, 2.05) is 31.2 Å². The number of non-ortho nitro benzene ring substituents is 1. The first-order valence-electron chi connectivity index (χ1n) is 9.40. The SMILES string of the molecule is Cc1ccc(N2C(=O)/C(=C\c3cc([N+](=O)[O-])ccc3N3CCOCC3)SC2=S)cc1. The summed E-state index contributed by atoms with van der Waals surface area (Å²) >= 11 is 6.64. The lowest BCUT2D eigenvalue weighted by Gasteiger charge is -2.30. The number of nitrogens with zero attached hydrogens (tertiary/aromatic N) is 3. The van der Waals surface area contributed by atoms with Gasteiger partial charge in [-0.25, -0.2) is 0 Å². The number of thioether (sulfide) groups is 1. The molecule has 0 radical (unpaired) electrons. The Labute approximate surface area is 183 Å². The lowest BCUT2D eigenvalue weighted by Crippen LogP contribution is -2.36. The van der Waals surface area contributed by atoms with E-state index < -0.39 is 4.92 Å². The Balaban J connectivity index is 1.71. The maximum absolute atomic E-state index is 13.1. The number of hydrogen-bond acceptors (Lipinski definition) is 7. The van der Waals surface area contributed by atoms with Gasteiger partial charge >= 0.3 is 0 Å². The molecule has 30 heavy (non-hydrogen) atoms. The van der Waals surface area contributed by atoms with Crippen molar-refractivity contribution in [3.8, 4) is 0 Å². The number of anilines is 2. The highest BCUT2D eigenvalue weighted by molar-refractivity contribution is 8.27. The molecule has 2 aromatic rings. The van der Waals surface area contributed by atoms with Gasteiger partial charge in [0.15, 0.2) is 4.32 Å². The van der Waals surface area contributed by atoms with Gasteiger partial charge in [0.1, 0.15) is 0 Å². The third kappa shape index (κ3) is 4.09. The molecule has 0 saturated carbocycles. The van der Waals surface area contributed by atoms with Crippen LogP contribution in [0.25, 0.3) is 6.08 Å². The molecule has 4 rings (SSSR count).